The SMILES string of the molecule is O=C1c2cccnc2CN1Cc1ccc(Cl)cc1. The fourth-order valence-electron chi connectivity index (χ4n) is 2.12. The highest BCUT2D eigenvalue weighted by Crippen LogP contribution is 2.22. The minimum Gasteiger partial charge on any atom is -0.328 e. The van der Waals surface area contributed by atoms with Crippen molar-refractivity contribution in [3.05, 3.63) is 64.4 Å². The summed E-state index contributed by atoms with van der Waals surface area (Å²) in [6.45, 7) is 1.17. The van der Waals surface area contributed by atoms with E-state index in [4.69, 9.17) is 11.6 Å². The number of hydrogen-bond donors (Lipinski definition) is 0. The van der Waals surface area contributed by atoms with Crippen molar-refractivity contribution in [2.24, 2.45) is 0 Å². The second kappa shape index (κ2) is 4.42. The normalized spacial score (nSPS) is 13.8. The molecule has 0 N–H and O–H groups in total. The van der Waals surface area contributed by atoms with Crippen LogP contribution < -0.4 is 0 Å². The van der Waals surface area contributed by atoms with Crippen molar-refractivity contribution in [3.63, 3.8) is 0 Å². The average molecular weight is 259 g/mol. The van der Waals surface area contributed by atoms with Gasteiger partial charge in [0.05, 0.1) is 17.8 Å². The molecule has 2 heterocycles. The van der Waals surface area contributed by atoms with E-state index in [0.717, 1.165) is 11.3 Å². The first-order chi connectivity index (χ1) is 8.74. The molecule has 0 saturated carbocycles. The van der Waals surface area contributed by atoms with Crippen LogP contribution in [-0.2, 0) is 13.1 Å². The Morgan fingerprint density at radius 2 is 2.00 bits per heavy atom. The number of hydrogen-bond acceptors (Lipinski definition) is 2. The van der Waals surface area contributed by atoms with Gasteiger partial charge in [-0.2, -0.15) is 0 Å². The highest BCUT2D eigenvalue weighted by Gasteiger charge is 2.27. The van der Waals surface area contributed by atoms with Crippen molar-refractivity contribution in [3.8, 4) is 0 Å². The average Bonchev–Trinajstić information content (AvgIpc) is 2.70. The number of pyridine rings is 1. The Hall–Kier alpha value is -1.87. The molecule has 1 amide bonds. The Morgan fingerprint density at radius 3 is 2.72 bits per heavy atom. The minimum absolute atomic E-state index is 0.0491. The molecule has 0 aliphatic carbocycles. The largest absolute Gasteiger partial charge is 0.328 e. The zero-order valence-corrected chi connectivity index (χ0v) is 10.4. The number of carbonyl (C=O) groups excluding carboxylic acids is 1. The maximum atomic E-state index is 12.1. The minimum atomic E-state index is 0.0491. The van der Waals surface area contributed by atoms with E-state index in [0.29, 0.717) is 23.7 Å². The van der Waals surface area contributed by atoms with Gasteiger partial charge in [-0.25, -0.2) is 0 Å². The van der Waals surface area contributed by atoms with Crippen molar-refractivity contribution in [2.75, 3.05) is 0 Å². The molecule has 3 rings (SSSR count). The Morgan fingerprint density at radius 1 is 1.22 bits per heavy atom. The maximum absolute atomic E-state index is 12.1. The van der Waals surface area contributed by atoms with E-state index in [2.05, 4.69) is 4.98 Å². The van der Waals surface area contributed by atoms with Crippen LogP contribution in [0.4, 0.5) is 0 Å². The second-order valence-electron chi connectivity index (χ2n) is 4.29. The summed E-state index contributed by atoms with van der Waals surface area (Å²) in [6, 6.07) is 11.2. The van der Waals surface area contributed by atoms with Gasteiger partial charge in [0.25, 0.3) is 5.91 Å². The molecule has 90 valence electrons. The summed E-state index contributed by atoms with van der Waals surface area (Å²) in [5.74, 6) is 0.0491. The van der Waals surface area contributed by atoms with Gasteiger partial charge in [-0.15, -0.1) is 0 Å². The number of nitrogens with zero attached hydrogens (tertiary/aromatic N) is 2. The zero-order chi connectivity index (χ0) is 12.5. The van der Waals surface area contributed by atoms with Crippen molar-refractivity contribution in [2.45, 2.75) is 13.1 Å². The lowest BCUT2D eigenvalue weighted by molar-refractivity contribution is 0.0766. The third-order valence-corrected chi connectivity index (χ3v) is 3.29. The molecule has 0 atom stereocenters. The van der Waals surface area contributed by atoms with E-state index >= 15 is 0 Å². The molecule has 1 aromatic heterocycles. The zero-order valence-electron chi connectivity index (χ0n) is 9.64. The van der Waals surface area contributed by atoms with Crippen LogP contribution in [-0.4, -0.2) is 15.8 Å². The molecule has 0 saturated heterocycles. The quantitative estimate of drug-likeness (QED) is 0.830. The number of carbonyl (C=O) groups is 1. The molecule has 0 unspecified atom stereocenters. The number of benzene rings is 1. The Labute approximate surface area is 110 Å². The van der Waals surface area contributed by atoms with Gasteiger partial charge in [-0.3, -0.25) is 9.78 Å². The van der Waals surface area contributed by atoms with Crippen LogP contribution in [0.2, 0.25) is 5.02 Å². The van der Waals surface area contributed by atoms with E-state index in [9.17, 15) is 4.79 Å². The van der Waals surface area contributed by atoms with Gasteiger partial charge in [0.1, 0.15) is 0 Å². The van der Waals surface area contributed by atoms with Crippen molar-refractivity contribution in [1.82, 2.24) is 9.88 Å². The molecule has 4 heteroatoms. The van der Waals surface area contributed by atoms with Gasteiger partial charge in [0.15, 0.2) is 0 Å². The number of amides is 1. The molecule has 0 fully saturated rings. The molecule has 3 nitrogen and oxygen atoms in total. The van der Waals surface area contributed by atoms with Gasteiger partial charge in [0.2, 0.25) is 0 Å². The van der Waals surface area contributed by atoms with Gasteiger partial charge >= 0.3 is 0 Å². The molecule has 1 aliphatic heterocycles. The Balaban J connectivity index is 1.81. The standard InChI is InChI=1S/C14H11ClN2O/c15-11-5-3-10(4-6-11)8-17-9-13-12(14(17)18)2-1-7-16-13/h1-7H,8-9H2. The fraction of sp³-hybridized carbons (Fsp3) is 0.143. The fourth-order valence-corrected chi connectivity index (χ4v) is 2.25. The number of aromatic nitrogens is 1. The summed E-state index contributed by atoms with van der Waals surface area (Å²) in [5.41, 5.74) is 2.64. The topological polar surface area (TPSA) is 33.2 Å². The van der Waals surface area contributed by atoms with Gasteiger partial charge in [-0.1, -0.05) is 23.7 Å². The summed E-state index contributed by atoms with van der Waals surface area (Å²) in [7, 11) is 0. The Bertz CT molecular complexity index is 595. The lowest BCUT2D eigenvalue weighted by atomic mass is 10.2. The van der Waals surface area contributed by atoms with E-state index in [1.54, 1.807) is 17.2 Å². The first kappa shape index (κ1) is 11.2. The number of halogens is 1. The van der Waals surface area contributed by atoms with E-state index < -0.39 is 0 Å². The first-order valence-electron chi connectivity index (χ1n) is 5.71. The van der Waals surface area contributed by atoms with E-state index in [1.807, 2.05) is 30.3 Å². The summed E-state index contributed by atoms with van der Waals surface area (Å²) < 4.78 is 0. The first-order valence-corrected chi connectivity index (χ1v) is 6.09. The van der Waals surface area contributed by atoms with Crippen LogP contribution in [0.5, 0.6) is 0 Å². The maximum Gasteiger partial charge on any atom is 0.256 e. The summed E-state index contributed by atoms with van der Waals surface area (Å²) in [4.78, 5) is 18.2. The predicted molar refractivity (Wildman–Crippen MR) is 69.3 cm³/mol. The molecule has 0 bridgehead atoms. The summed E-state index contributed by atoms with van der Waals surface area (Å²) >= 11 is 5.84. The molecule has 0 spiro atoms. The van der Waals surface area contributed by atoms with Crippen LogP contribution >= 0.6 is 11.6 Å². The van der Waals surface area contributed by atoms with Crippen molar-refractivity contribution in [1.29, 1.82) is 0 Å². The molecular weight excluding hydrogens is 248 g/mol. The monoisotopic (exact) mass is 258 g/mol. The Kier molecular flexibility index (Phi) is 2.76. The van der Waals surface area contributed by atoms with Crippen molar-refractivity contribution >= 4 is 17.5 Å². The third kappa shape index (κ3) is 1.97. The number of fused-ring (bicyclic) bond motifs is 1. The van der Waals surface area contributed by atoms with Crippen LogP contribution in [0, 0.1) is 0 Å². The van der Waals surface area contributed by atoms with E-state index in [-0.39, 0.29) is 5.91 Å². The molecule has 2 aromatic rings. The van der Waals surface area contributed by atoms with Gasteiger partial charge < -0.3 is 4.90 Å². The third-order valence-electron chi connectivity index (χ3n) is 3.04. The molecule has 0 radical (unpaired) electrons. The highest BCUT2D eigenvalue weighted by molar-refractivity contribution is 6.30. The summed E-state index contributed by atoms with van der Waals surface area (Å²) in [6.07, 6.45) is 1.72. The molecule has 18 heavy (non-hydrogen) atoms. The van der Waals surface area contributed by atoms with Gasteiger partial charge in [0, 0.05) is 17.8 Å². The predicted octanol–water partition coefficient (Wildman–Crippen LogP) is 2.89. The molecule has 1 aromatic carbocycles. The van der Waals surface area contributed by atoms with Crippen LogP contribution in [0.3, 0.4) is 0 Å². The smallest absolute Gasteiger partial charge is 0.256 e. The lowest BCUT2D eigenvalue weighted by Gasteiger charge is -2.15. The van der Waals surface area contributed by atoms with Crippen LogP contribution in [0.1, 0.15) is 21.6 Å². The number of rotatable bonds is 2. The van der Waals surface area contributed by atoms with Crippen LogP contribution in [0.25, 0.3) is 0 Å². The van der Waals surface area contributed by atoms with E-state index in [1.165, 1.54) is 0 Å². The summed E-state index contributed by atoms with van der Waals surface area (Å²) in [5, 5.41) is 0.705. The van der Waals surface area contributed by atoms with Crippen molar-refractivity contribution < 1.29 is 4.79 Å². The van der Waals surface area contributed by atoms with Gasteiger partial charge in [-0.05, 0) is 29.8 Å². The highest BCUT2D eigenvalue weighted by atomic mass is 35.5. The second-order valence-corrected chi connectivity index (χ2v) is 4.72. The molecular formula is C14H11ClN2O. The molecule has 1 aliphatic rings. The lowest BCUT2D eigenvalue weighted by Crippen LogP contribution is -2.23. The van der Waals surface area contributed by atoms with Crippen LogP contribution in [0.15, 0.2) is 42.6 Å².